The summed E-state index contributed by atoms with van der Waals surface area (Å²) in [5, 5.41) is 10.9. The molecule has 0 N–H and O–H groups in total. The van der Waals surface area contributed by atoms with Gasteiger partial charge in [0.2, 0.25) is 5.75 Å². The van der Waals surface area contributed by atoms with Gasteiger partial charge in [-0.15, -0.1) is 11.6 Å². The van der Waals surface area contributed by atoms with Crippen LogP contribution in [0.3, 0.4) is 0 Å². The van der Waals surface area contributed by atoms with Crippen molar-refractivity contribution in [2.24, 2.45) is 0 Å². The third-order valence-corrected chi connectivity index (χ3v) is 2.84. The summed E-state index contributed by atoms with van der Waals surface area (Å²) in [5.41, 5.74) is 0.600. The Balaban J connectivity index is 2.16. The van der Waals surface area contributed by atoms with Gasteiger partial charge in [-0.2, -0.15) is 0 Å². The first-order valence-electron chi connectivity index (χ1n) is 4.99. The Bertz CT molecular complexity index is 419. The molecule has 0 spiro atoms. The summed E-state index contributed by atoms with van der Waals surface area (Å²) in [5.74, 6) is 0.00203. The molecule has 6 heteroatoms. The average Bonchev–Trinajstić information content (AvgIpc) is 2.17. The summed E-state index contributed by atoms with van der Waals surface area (Å²) in [7, 11) is 0. The van der Waals surface area contributed by atoms with Crippen LogP contribution >= 0.6 is 11.6 Å². The smallest absolute Gasteiger partial charge is 0.406 e. The Morgan fingerprint density at radius 3 is 2.81 bits per heavy atom. The van der Waals surface area contributed by atoms with Gasteiger partial charge in [0.15, 0.2) is 0 Å². The van der Waals surface area contributed by atoms with E-state index in [2.05, 4.69) is 4.98 Å². The van der Waals surface area contributed by atoms with Gasteiger partial charge in [0.25, 0.3) is 0 Å². The number of alkyl halides is 1. The second kappa shape index (κ2) is 4.25. The quantitative estimate of drug-likeness (QED) is 0.464. The average molecular weight is 243 g/mol. The van der Waals surface area contributed by atoms with Gasteiger partial charge in [0.1, 0.15) is 11.8 Å². The van der Waals surface area contributed by atoms with Crippen molar-refractivity contribution in [1.29, 1.82) is 0 Å². The molecule has 0 aliphatic heterocycles. The van der Waals surface area contributed by atoms with Crippen LogP contribution in [0.1, 0.15) is 18.5 Å². The predicted octanol–water partition coefficient (Wildman–Crippen LogP) is 2.45. The van der Waals surface area contributed by atoms with Gasteiger partial charge in [0, 0.05) is 25.1 Å². The Morgan fingerprint density at radius 2 is 2.25 bits per heavy atom. The molecule has 1 heterocycles. The van der Waals surface area contributed by atoms with Crippen LogP contribution < -0.4 is 4.74 Å². The number of aromatic nitrogens is 1. The van der Waals surface area contributed by atoms with Crippen LogP contribution in [0.5, 0.6) is 5.75 Å². The maximum Gasteiger partial charge on any atom is 0.406 e. The number of hydrogen-bond acceptors (Lipinski definition) is 4. The standard InChI is InChI=1S/C10H11ClN2O3/c1-6-2-3-9(10(12-6)13(14)15)16-8-4-7(11)5-8/h2-3,7-8H,4-5H2,1H3. The molecular weight excluding hydrogens is 232 g/mol. The van der Waals surface area contributed by atoms with Crippen LogP contribution in [-0.2, 0) is 0 Å². The Hall–Kier alpha value is -1.36. The molecule has 16 heavy (non-hydrogen) atoms. The SMILES string of the molecule is Cc1ccc(OC2CC(Cl)C2)c([N+](=O)[O-])n1. The first-order valence-corrected chi connectivity index (χ1v) is 5.42. The van der Waals surface area contributed by atoms with Gasteiger partial charge in [0.05, 0.1) is 0 Å². The zero-order valence-electron chi connectivity index (χ0n) is 8.72. The number of nitrogens with zero attached hydrogens (tertiary/aromatic N) is 2. The highest BCUT2D eigenvalue weighted by Gasteiger charge is 2.31. The summed E-state index contributed by atoms with van der Waals surface area (Å²) in [6.45, 7) is 1.70. The topological polar surface area (TPSA) is 65.3 Å². The van der Waals surface area contributed by atoms with Crippen molar-refractivity contribution < 1.29 is 9.66 Å². The maximum absolute atomic E-state index is 10.8. The molecule has 2 rings (SSSR count). The van der Waals surface area contributed by atoms with E-state index >= 15 is 0 Å². The summed E-state index contributed by atoms with van der Waals surface area (Å²) in [6.07, 6.45) is 1.44. The number of nitro groups is 1. The van der Waals surface area contributed by atoms with Crippen LogP contribution in [0.15, 0.2) is 12.1 Å². The van der Waals surface area contributed by atoms with E-state index in [1.54, 1.807) is 19.1 Å². The minimum atomic E-state index is -0.529. The first kappa shape index (κ1) is 11.1. The largest absolute Gasteiger partial charge is 0.482 e. The van der Waals surface area contributed by atoms with Crippen molar-refractivity contribution in [2.45, 2.75) is 31.2 Å². The van der Waals surface area contributed by atoms with E-state index in [9.17, 15) is 10.1 Å². The molecule has 5 nitrogen and oxygen atoms in total. The van der Waals surface area contributed by atoms with Gasteiger partial charge < -0.3 is 14.9 Å². The first-order chi connectivity index (χ1) is 7.56. The van der Waals surface area contributed by atoms with E-state index < -0.39 is 4.92 Å². The molecule has 0 saturated heterocycles. The van der Waals surface area contributed by atoms with Crippen LogP contribution in [0, 0.1) is 17.0 Å². The van der Waals surface area contributed by atoms with E-state index in [1.165, 1.54) is 0 Å². The molecule has 1 aliphatic carbocycles. The van der Waals surface area contributed by atoms with Gasteiger partial charge in [-0.1, -0.05) is 0 Å². The summed E-state index contributed by atoms with van der Waals surface area (Å²) >= 11 is 5.81. The van der Waals surface area contributed by atoms with Crippen LogP contribution in [-0.4, -0.2) is 21.4 Å². The number of ether oxygens (including phenoxy) is 1. The lowest BCUT2D eigenvalue weighted by Crippen LogP contribution is -2.34. The molecule has 0 amide bonds. The third kappa shape index (κ3) is 2.24. The number of rotatable bonds is 3. The maximum atomic E-state index is 10.8. The van der Waals surface area contributed by atoms with Crippen molar-refractivity contribution in [3.63, 3.8) is 0 Å². The van der Waals surface area contributed by atoms with Crippen LogP contribution in [0.25, 0.3) is 0 Å². The molecule has 0 radical (unpaired) electrons. The van der Waals surface area contributed by atoms with Gasteiger partial charge in [-0.3, -0.25) is 0 Å². The fraction of sp³-hybridized carbons (Fsp3) is 0.500. The molecule has 1 aliphatic rings. The van der Waals surface area contributed by atoms with Crippen molar-refractivity contribution in [3.8, 4) is 5.75 Å². The van der Waals surface area contributed by atoms with Gasteiger partial charge >= 0.3 is 5.82 Å². The fourth-order valence-electron chi connectivity index (χ4n) is 1.53. The Labute approximate surface area is 97.5 Å². The summed E-state index contributed by atoms with van der Waals surface area (Å²) < 4.78 is 5.48. The number of halogens is 1. The monoisotopic (exact) mass is 242 g/mol. The molecule has 0 unspecified atom stereocenters. The normalized spacial score (nSPS) is 23.6. The van der Waals surface area contributed by atoms with E-state index in [0.717, 1.165) is 12.8 Å². The van der Waals surface area contributed by atoms with Crippen molar-refractivity contribution in [2.75, 3.05) is 0 Å². The van der Waals surface area contributed by atoms with Gasteiger partial charge in [-0.25, -0.2) is 0 Å². The van der Waals surface area contributed by atoms with Gasteiger partial charge in [-0.05, 0) is 22.0 Å². The molecule has 1 aromatic rings. The van der Waals surface area contributed by atoms with Crippen molar-refractivity contribution >= 4 is 17.4 Å². The highest BCUT2D eigenvalue weighted by atomic mass is 35.5. The highest BCUT2D eigenvalue weighted by Crippen LogP contribution is 2.33. The molecule has 1 aromatic heterocycles. The number of hydrogen-bond donors (Lipinski definition) is 0. The second-order valence-corrected chi connectivity index (χ2v) is 4.46. The van der Waals surface area contributed by atoms with E-state index in [-0.39, 0.29) is 23.0 Å². The lowest BCUT2D eigenvalue weighted by Gasteiger charge is -2.30. The number of aryl methyl sites for hydroxylation is 1. The summed E-state index contributed by atoms with van der Waals surface area (Å²) in [6, 6.07) is 3.28. The molecule has 86 valence electrons. The molecule has 0 aromatic carbocycles. The van der Waals surface area contributed by atoms with Crippen LogP contribution in [0.2, 0.25) is 0 Å². The van der Waals surface area contributed by atoms with Crippen LogP contribution in [0.4, 0.5) is 5.82 Å². The Kier molecular flexibility index (Phi) is 2.96. The van der Waals surface area contributed by atoms with E-state index in [4.69, 9.17) is 16.3 Å². The highest BCUT2D eigenvalue weighted by molar-refractivity contribution is 6.21. The molecule has 1 saturated carbocycles. The molecule has 0 bridgehead atoms. The minimum absolute atomic E-state index is 0.0225. The van der Waals surface area contributed by atoms with Crippen molar-refractivity contribution in [1.82, 2.24) is 4.98 Å². The zero-order valence-corrected chi connectivity index (χ0v) is 9.48. The van der Waals surface area contributed by atoms with E-state index in [0.29, 0.717) is 5.69 Å². The molecular formula is C10H11ClN2O3. The number of pyridine rings is 1. The molecule has 1 fully saturated rings. The second-order valence-electron chi connectivity index (χ2n) is 3.84. The molecule has 0 atom stereocenters. The predicted molar refractivity (Wildman–Crippen MR) is 58.9 cm³/mol. The minimum Gasteiger partial charge on any atom is -0.482 e. The third-order valence-electron chi connectivity index (χ3n) is 2.48. The lowest BCUT2D eigenvalue weighted by molar-refractivity contribution is -0.390. The summed E-state index contributed by atoms with van der Waals surface area (Å²) in [4.78, 5) is 14.1. The zero-order chi connectivity index (χ0) is 11.7. The lowest BCUT2D eigenvalue weighted by atomic mass is 9.95. The fourth-order valence-corrected chi connectivity index (χ4v) is 1.93. The Morgan fingerprint density at radius 1 is 1.56 bits per heavy atom. The van der Waals surface area contributed by atoms with E-state index in [1.807, 2.05) is 0 Å². The van der Waals surface area contributed by atoms with Crippen molar-refractivity contribution in [3.05, 3.63) is 27.9 Å².